The van der Waals surface area contributed by atoms with Crippen LogP contribution < -0.4 is 14.8 Å². The number of fused-ring (bicyclic) bond motifs is 3. The Balaban J connectivity index is 1.40. The Kier molecular flexibility index (Phi) is 3.60. The van der Waals surface area contributed by atoms with Gasteiger partial charge in [0.05, 0.1) is 6.54 Å². The molecule has 5 rings (SSSR count). The third kappa shape index (κ3) is 2.47. The molecule has 1 aliphatic carbocycles. The second-order valence-electron chi connectivity index (χ2n) is 7.26. The van der Waals surface area contributed by atoms with Gasteiger partial charge in [0.15, 0.2) is 17.6 Å². The van der Waals surface area contributed by atoms with Crippen molar-refractivity contribution >= 4 is 11.9 Å². The molecular weight excluding hydrogens is 344 g/mol. The first-order valence-electron chi connectivity index (χ1n) is 9.28. The fourth-order valence-corrected chi connectivity index (χ4v) is 4.33. The molecule has 6 nitrogen and oxygen atoms in total. The zero-order chi connectivity index (χ0) is 18.4. The summed E-state index contributed by atoms with van der Waals surface area (Å²) in [5, 5.41) is 2.98. The van der Waals surface area contributed by atoms with Crippen LogP contribution in [0.1, 0.15) is 24.0 Å². The topological polar surface area (TPSA) is 67.9 Å². The van der Waals surface area contributed by atoms with E-state index in [1.54, 1.807) is 0 Å². The van der Waals surface area contributed by atoms with E-state index in [1.165, 1.54) is 4.90 Å². The molecule has 0 unspecified atom stereocenters. The standard InChI is InChI=1S/C21H20N2O4/c24-19-21(11-5-7-14-6-1-2-8-16(14)21)22-20(25)23(19)12-15-13-26-17-9-3-4-10-18(17)27-15/h1-4,6,8-10,15H,5,7,11-13H2,(H,22,25)/t15-,21+/m1/s1. The lowest BCUT2D eigenvalue weighted by Crippen LogP contribution is -2.48. The lowest BCUT2D eigenvalue weighted by atomic mass is 9.76. The lowest BCUT2D eigenvalue weighted by Gasteiger charge is -2.33. The van der Waals surface area contributed by atoms with E-state index in [1.807, 2.05) is 48.5 Å². The van der Waals surface area contributed by atoms with Crippen LogP contribution >= 0.6 is 0 Å². The van der Waals surface area contributed by atoms with Gasteiger partial charge in [0.1, 0.15) is 12.1 Å². The van der Waals surface area contributed by atoms with Crippen LogP contribution in [-0.4, -0.2) is 36.1 Å². The van der Waals surface area contributed by atoms with E-state index < -0.39 is 5.54 Å². The van der Waals surface area contributed by atoms with Gasteiger partial charge in [-0.15, -0.1) is 0 Å². The number of carbonyl (C=O) groups is 2. The zero-order valence-electron chi connectivity index (χ0n) is 14.8. The smallest absolute Gasteiger partial charge is 0.325 e. The quantitative estimate of drug-likeness (QED) is 0.832. The van der Waals surface area contributed by atoms with Crippen LogP contribution in [0.2, 0.25) is 0 Å². The number of aryl methyl sites for hydroxylation is 1. The first kappa shape index (κ1) is 16.2. The fourth-order valence-electron chi connectivity index (χ4n) is 4.33. The maximum atomic E-state index is 13.3. The molecule has 0 bridgehead atoms. The molecule has 1 saturated heterocycles. The maximum absolute atomic E-state index is 13.3. The van der Waals surface area contributed by atoms with Crippen LogP contribution in [0.15, 0.2) is 48.5 Å². The first-order valence-corrected chi connectivity index (χ1v) is 9.28. The molecule has 2 heterocycles. The summed E-state index contributed by atoms with van der Waals surface area (Å²) in [6, 6.07) is 14.9. The number of nitrogens with one attached hydrogen (secondary N) is 1. The van der Waals surface area contributed by atoms with E-state index in [4.69, 9.17) is 9.47 Å². The van der Waals surface area contributed by atoms with E-state index in [0.717, 1.165) is 24.0 Å². The van der Waals surface area contributed by atoms with Gasteiger partial charge >= 0.3 is 6.03 Å². The average Bonchev–Trinajstić information content (AvgIpc) is 2.93. The lowest BCUT2D eigenvalue weighted by molar-refractivity contribution is -0.133. The highest BCUT2D eigenvalue weighted by Crippen LogP contribution is 2.40. The molecule has 0 saturated carbocycles. The normalized spacial score (nSPS) is 26.1. The minimum absolute atomic E-state index is 0.170. The van der Waals surface area contributed by atoms with Crippen molar-refractivity contribution in [3.63, 3.8) is 0 Å². The van der Waals surface area contributed by atoms with Gasteiger partial charge in [-0.1, -0.05) is 36.4 Å². The molecule has 2 aromatic carbocycles. The highest BCUT2D eigenvalue weighted by molar-refractivity contribution is 6.07. The Bertz CT molecular complexity index is 928. The molecule has 1 N–H and O–H groups in total. The van der Waals surface area contributed by atoms with Gasteiger partial charge in [0.25, 0.3) is 5.91 Å². The minimum Gasteiger partial charge on any atom is -0.486 e. The molecule has 3 aliphatic rings. The van der Waals surface area contributed by atoms with Gasteiger partial charge in [0.2, 0.25) is 0 Å². The number of hydrogen-bond acceptors (Lipinski definition) is 4. The largest absolute Gasteiger partial charge is 0.486 e. The number of ether oxygens (including phenoxy) is 2. The number of imide groups is 1. The van der Waals surface area contributed by atoms with Crippen LogP contribution in [0.5, 0.6) is 11.5 Å². The molecule has 0 aromatic heterocycles. The summed E-state index contributed by atoms with van der Waals surface area (Å²) >= 11 is 0. The van der Waals surface area contributed by atoms with Crippen molar-refractivity contribution in [2.75, 3.05) is 13.2 Å². The van der Waals surface area contributed by atoms with E-state index in [0.29, 0.717) is 24.5 Å². The minimum atomic E-state index is -0.945. The van der Waals surface area contributed by atoms with Crippen LogP contribution in [0.4, 0.5) is 4.79 Å². The van der Waals surface area contributed by atoms with Crippen molar-refractivity contribution in [1.82, 2.24) is 10.2 Å². The Morgan fingerprint density at radius 1 is 1.07 bits per heavy atom. The zero-order valence-corrected chi connectivity index (χ0v) is 14.8. The van der Waals surface area contributed by atoms with Gasteiger partial charge < -0.3 is 14.8 Å². The third-order valence-corrected chi connectivity index (χ3v) is 5.60. The number of hydrogen-bond donors (Lipinski definition) is 1. The van der Waals surface area contributed by atoms with E-state index in [2.05, 4.69) is 5.32 Å². The maximum Gasteiger partial charge on any atom is 0.325 e. The Hall–Kier alpha value is -3.02. The molecule has 1 fully saturated rings. The predicted molar refractivity (Wildman–Crippen MR) is 97.7 cm³/mol. The number of carbonyl (C=O) groups excluding carboxylic acids is 2. The van der Waals surface area contributed by atoms with Crippen LogP contribution in [-0.2, 0) is 16.8 Å². The number of rotatable bonds is 2. The monoisotopic (exact) mass is 364 g/mol. The summed E-state index contributed by atoms with van der Waals surface area (Å²) in [7, 11) is 0. The number of urea groups is 1. The van der Waals surface area contributed by atoms with Crippen molar-refractivity contribution < 1.29 is 19.1 Å². The summed E-state index contributed by atoms with van der Waals surface area (Å²) in [5.41, 5.74) is 1.10. The molecule has 27 heavy (non-hydrogen) atoms. The summed E-state index contributed by atoms with van der Waals surface area (Å²) in [4.78, 5) is 27.3. The van der Waals surface area contributed by atoms with Gasteiger partial charge in [-0.05, 0) is 42.5 Å². The number of amides is 3. The molecule has 3 amide bonds. The molecule has 0 radical (unpaired) electrons. The van der Waals surface area contributed by atoms with Crippen molar-refractivity contribution in [1.29, 1.82) is 0 Å². The van der Waals surface area contributed by atoms with Gasteiger partial charge in [-0.3, -0.25) is 9.69 Å². The molecule has 138 valence electrons. The molecule has 6 heteroatoms. The molecule has 2 aliphatic heterocycles. The number of para-hydroxylation sites is 2. The molecule has 2 aromatic rings. The second-order valence-corrected chi connectivity index (χ2v) is 7.26. The van der Waals surface area contributed by atoms with Crippen molar-refractivity contribution in [3.05, 3.63) is 59.7 Å². The molecule has 1 spiro atoms. The highest BCUT2D eigenvalue weighted by atomic mass is 16.6. The predicted octanol–water partition coefficient (Wildman–Crippen LogP) is 2.61. The molecule has 2 atom stereocenters. The van der Waals surface area contributed by atoms with E-state index >= 15 is 0 Å². The molecular formula is C21H20N2O4. The van der Waals surface area contributed by atoms with Crippen molar-refractivity contribution in [2.24, 2.45) is 0 Å². The SMILES string of the molecule is O=C1N[C@]2(CCCc3ccccc32)C(=O)N1C[C@@H]1COc2ccccc2O1. The number of benzene rings is 2. The van der Waals surface area contributed by atoms with E-state index in [-0.39, 0.29) is 24.6 Å². The second kappa shape index (κ2) is 6.01. The van der Waals surface area contributed by atoms with Crippen LogP contribution in [0, 0.1) is 0 Å². The Labute approximate surface area is 157 Å². The summed E-state index contributed by atoms with van der Waals surface area (Å²) in [6.07, 6.45) is 2.03. The van der Waals surface area contributed by atoms with Crippen LogP contribution in [0.3, 0.4) is 0 Å². The highest BCUT2D eigenvalue weighted by Gasteiger charge is 2.54. The first-order chi connectivity index (χ1) is 13.2. The van der Waals surface area contributed by atoms with Crippen LogP contribution in [0.25, 0.3) is 0 Å². The summed E-state index contributed by atoms with van der Waals surface area (Å²) in [6.45, 7) is 0.473. The van der Waals surface area contributed by atoms with Gasteiger partial charge in [-0.2, -0.15) is 0 Å². The van der Waals surface area contributed by atoms with Gasteiger partial charge in [-0.25, -0.2) is 4.79 Å². The van der Waals surface area contributed by atoms with Gasteiger partial charge in [0, 0.05) is 0 Å². The number of nitrogens with zero attached hydrogens (tertiary/aromatic N) is 1. The fraction of sp³-hybridized carbons (Fsp3) is 0.333. The Morgan fingerprint density at radius 2 is 1.85 bits per heavy atom. The van der Waals surface area contributed by atoms with Crippen molar-refractivity contribution in [3.8, 4) is 11.5 Å². The summed E-state index contributed by atoms with van der Waals surface area (Å²) in [5.74, 6) is 1.13. The Morgan fingerprint density at radius 3 is 2.74 bits per heavy atom. The summed E-state index contributed by atoms with van der Waals surface area (Å²) < 4.78 is 11.7. The van der Waals surface area contributed by atoms with Crippen molar-refractivity contribution in [2.45, 2.75) is 30.9 Å². The van der Waals surface area contributed by atoms with E-state index in [9.17, 15) is 9.59 Å². The average molecular weight is 364 g/mol. The third-order valence-electron chi connectivity index (χ3n) is 5.60.